The lowest BCUT2D eigenvalue weighted by atomic mass is 10.0. The second-order valence-electron chi connectivity index (χ2n) is 5.76. The number of fused-ring (bicyclic) bond motifs is 7. The van der Waals surface area contributed by atoms with Gasteiger partial charge in [-0.25, -0.2) is 0 Å². The summed E-state index contributed by atoms with van der Waals surface area (Å²) in [5.41, 5.74) is 6.09. The summed E-state index contributed by atoms with van der Waals surface area (Å²) in [5.74, 6) is 0. The molecule has 2 N–H and O–H groups in total. The molecule has 0 atom stereocenters. The van der Waals surface area contributed by atoms with Crippen molar-refractivity contribution < 1.29 is 0 Å². The molecule has 21 heavy (non-hydrogen) atoms. The molecule has 2 aromatic heterocycles. The zero-order chi connectivity index (χ0) is 14.0. The van der Waals surface area contributed by atoms with Crippen LogP contribution in [0, 0.1) is 6.92 Å². The number of hydrogen-bond acceptors (Lipinski definition) is 0. The van der Waals surface area contributed by atoms with E-state index in [0.717, 1.165) is 0 Å². The molecule has 0 aliphatic heterocycles. The van der Waals surface area contributed by atoms with E-state index in [1.807, 2.05) is 0 Å². The molecule has 0 spiro atoms. The van der Waals surface area contributed by atoms with E-state index < -0.39 is 0 Å². The Kier molecular flexibility index (Phi) is 1.92. The molecule has 0 unspecified atom stereocenters. The minimum atomic E-state index is 1.20. The van der Waals surface area contributed by atoms with Crippen LogP contribution in [-0.4, -0.2) is 9.97 Å². The fraction of sp³-hybridized carbons (Fsp3) is 0.0526. The minimum Gasteiger partial charge on any atom is -0.354 e. The SMILES string of the molecule is Cc1ccc2[nH]c3ccc4[nH]c5ccccc5c4c3c2c1. The van der Waals surface area contributed by atoms with Crippen LogP contribution in [0.15, 0.2) is 54.6 Å². The lowest BCUT2D eigenvalue weighted by Gasteiger charge is -1.97. The Labute approximate surface area is 121 Å². The highest BCUT2D eigenvalue weighted by Crippen LogP contribution is 2.36. The Morgan fingerprint density at radius 2 is 1.24 bits per heavy atom. The zero-order valence-electron chi connectivity index (χ0n) is 11.7. The van der Waals surface area contributed by atoms with Gasteiger partial charge in [-0.3, -0.25) is 0 Å². The summed E-state index contributed by atoms with van der Waals surface area (Å²) >= 11 is 0. The number of aryl methyl sites for hydroxylation is 1. The van der Waals surface area contributed by atoms with E-state index in [1.54, 1.807) is 0 Å². The number of hydrogen-bond donors (Lipinski definition) is 2. The van der Waals surface area contributed by atoms with Crippen molar-refractivity contribution >= 4 is 43.6 Å². The van der Waals surface area contributed by atoms with Crippen molar-refractivity contribution in [3.63, 3.8) is 0 Å². The fourth-order valence-corrected chi connectivity index (χ4v) is 3.44. The fourth-order valence-electron chi connectivity index (χ4n) is 3.44. The summed E-state index contributed by atoms with van der Waals surface area (Å²) in [5, 5.41) is 5.24. The summed E-state index contributed by atoms with van der Waals surface area (Å²) in [4.78, 5) is 7.06. The van der Waals surface area contributed by atoms with Crippen LogP contribution in [0.1, 0.15) is 5.56 Å². The summed E-state index contributed by atoms with van der Waals surface area (Å²) in [6.45, 7) is 2.15. The monoisotopic (exact) mass is 270 g/mol. The second kappa shape index (κ2) is 3.67. The predicted octanol–water partition coefficient (Wildman–Crippen LogP) is 5.26. The van der Waals surface area contributed by atoms with E-state index in [0.29, 0.717) is 0 Å². The highest BCUT2D eigenvalue weighted by Gasteiger charge is 2.12. The second-order valence-corrected chi connectivity index (χ2v) is 5.76. The molecule has 5 aromatic rings. The molecule has 5 rings (SSSR count). The topological polar surface area (TPSA) is 31.6 Å². The van der Waals surface area contributed by atoms with Crippen molar-refractivity contribution in [3.05, 3.63) is 60.2 Å². The van der Waals surface area contributed by atoms with Crippen molar-refractivity contribution in [1.29, 1.82) is 0 Å². The third-order valence-corrected chi connectivity index (χ3v) is 4.38. The van der Waals surface area contributed by atoms with Gasteiger partial charge < -0.3 is 9.97 Å². The standard InChI is InChI=1S/C19H14N2/c1-11-6-7-15-13(10-11)19-17(21-15)9-8-16-18(19)12-4-2-3-5-14(12)20-16/h2-10,20-21H,1H3. The van der Waals surface area contributed by atoms with E-state index >= 15 is 0 Å². The highest BCUT2D eigenvalue weighted by molar-refractivity contribution is 6.27. The molecule has 3 aromatic carbocycles. The van der Waals surface area contributed by atoms with Gasteiger partial charge in [-0.1, -0.05) is 29.8 Å². The Balaban J connectivity index is 2.16. The van der Waals surface area contributed by atoms with E-state index in [-0.39, 0.29) is 0 Å². The van der Waals surface area contributed by atoms with Crippen LogP contribution in [0.3, 0.4) is 0 Å². The molecule has 0 fully saturated rings. The number of aromatic nitrogens is 2. The lowest BCUT2D eigenvalue weighted by Crippen LogP contribution is -1.73. The van der Waals surface area contributed by atoms with Gasteiger partial charge in [0.25, 0.3) is 0 Å². The Morgan fingerprint density at radius 1 is 0.619 bits per heavy atom. The first kappa shape index (κ1) is 11.0. The summed E-state index contributed by atoms with van der Waals surface area (Å²) in [6, 6.07) is 19.5. The number of nitrogens with one attached hydrogen (secondary N) is 2. The number of rotatable bonds is 0. The van der Waals surface area contributed by atoms with Crippen LogP contribution >= 0.6 is 0 Å². The van der Waals surface area contributed by atoms with Gasteiger partial charge in [0.15, 0.2) is 0 Å². The molecule has 0 radical (unpaired) electrons. The molecule has 0 amide bonds. The van der Waals surface area contributed by atoms with Crippen LogP contribution in [0.2, 0.25) is 0 Å². The first-order valence-corrected chi connectivity index (χ1v) is 7.23. The van der Waals surface area contributed by atoms with Gasteiger partial charge in [0, 0.05) is 43.6 Å². The predicted molar refractivity (Wildman–Crippen MR) is 89.9 cm³/mol. The Hall–Kier alpha value is -2.74. The maximum absolute atomic E-state index is 3.54. The van der Waals surface area contributed by atoms with Crippen LogP contribution < -0.4 is 0 Å². The van der Waals surface area contributed by atoms with E-state index in [4.69, 9.17) is 0 Å². The highest BCUT2D eigenvalue weighted by atomic mass is 14.7. The largest absolute Gasteiger partial charge is 0.354 e. The quantitative estimate of drug-likeness (QED) is 0.384. The van der Waals surface area contributed by atoms with Gasteiger partial charge in [0.2, 0.25) is 0 Å². The first-order chi connectivity index (χ1) is 10.3. The zero-order valence-corrected chi connectivity index (χ0v) is 11.7. The molecular weight excluding hydrogens is 256 g/mol. The third kappa shape index (κ3) is 1.37. The average molecular weight is 270 g/mol. The molecular formula is C19H14N2. The van der Waals surface area contributed by atoms with Crippen molar-refractivity contribution in [3.8, 4) is 0 Å². The summed E-state index contributed by atoms with van der Waals surface area (Å²) in [7, 11) is 0. The average Bonchev–Trinajstić information content (AvgIpc) is 3.04. The molecule has 2 nitrogen and oxygen atoms in total. The Bertz CT molecular complexity index is 1140. The van der Waals surface area contributed by atoms with Gasteiger partial charge in [-0.15, -0.1) is 0 Å². The van der Waals surface area contributed by atoms with E-state index in [1.165, 1.54) is 49.2 Å². The molecule has 2 heteroatoms. The molecule has 0 aliphatic rings. The molecule has 0 saturated carbocycles. The summed E-state index contributed by atoms with van der Waals surface area (Å²) in [6.07, 6.45) is 0. The Morgan fingerprint density at radius 3 is 2.05 bits per heavy atom. The third-order valence-electron chi connectivity index (χ3n) is 4.38. The van der Waals surface area contributed by atoms with Crippen molar-refractivity contribution in [1.82, 2.24) is 9.97 Å². The number of aromatic amines is 2. The van der Waals surface area contributed by atoms with E-state index in [9.17, 15) is 0 Å². The molecule has 100 valence electrons. The van der Waals surface area contributed by atoms with Crippen molar-refractivity contribution in [2.45, 2.75) is 6.92 Å². The molecule has 0 bridgehead atoms. The van der Waals surface area contributed by atoms with E-state index in [2.05, 4.69) is 71.5 Å². The van der Waals surface area contributed by atoms with Crippen LogP contribution in [0.4, 0.5) is 0 Å². The normalized spacial score (nSPS) is 12.0. The van der Waals surface area contributed by atoms with Gasteiger partial charge in [-0.05, 0) is 37.3 Å². The van der Waals surface area contributed by atoms with Gasteiger partial charge in [-0.2, -0.15) is 0 Å². The molecule has 2 heterocycles. The van der Waals surface area contributed by atoms with Crippen LogP contribution in [0.5, 0.6) is 0 Å². The van der Waals surface area contributed by atoms with Gasteiger partial charge in [0.1, 0.15) is 0 Å². The van der Waals surface area contributed by atoms with Crippen molar-refractivity contribution in [2.75, 3.05) is 0 Å². The van der Waals surface area contributed by atoms with Crippen molar-refractivity contribution in [2.24, 2.45) is 0 Å². The maximum Gasteiger partial charge on any atom is 0.0472 e. The maximum atomic E-state index is 3.54. The lowest BCUT2D eigenvalue weighted by molar-refractivity contribution is 1.48. The minimum absolute atomic E-state index is 1.20. The van der Waals surface area contributed by atoms with Crippen LogP contribution in [-0.2, 0) is 0 Å². The smallest absolute Gasteiger partial charge is 0.0472 e. The number of para-hydroxylation sites is 1. The van der Waals surface area contributed by atoms with Gasteiger partial charge >= 0.3 is 0 Å². The summed E-state index contributed by atoms with van der Waals surface area (Å²) < 4.78 is 0. The molecule has 0 saturated heterocycles. The first-order valence-electron chi connectivity index (χ1n) is 7.23. The van der Waals surface area contributed by atoms with Gasteiger partial charge in [0.05, 0.1) is 0 Å². The van der Waals surface area contributed by atoms with Crippen LogP contribution in [0.25, 0.3) is 43.6 Å². The molecule has 0 aliphatic carbocycles. The number of H-pyrrole nitrogens is 2. The number of benzene rings is 3.